The molecule has 0 aliphatic carbocycles. The lowest BCUT2D eigenvalue weighted by molar-refractivity contribution is 0.0285. The lowest BCUT2D eigenvalue weighted by atomic mass is 9.79. The summed E-state index contributed by atoms with van der Waals surface area (Å²) in [6.07, 6.45) is 0. The third kappa shape index (κ3) is 3.89. The van der Waals surface area contributed by atoms with Crippen LogP contribution in [0.2, 0.25) is 5.02 Å². The van der Waals surface area contributed by atoms with E-state index < -0.39 is 23.1 Å². The fourth-order valence-electron chi connectivity index (χ4n) is 2.89. The highest BCUT2D eigenvalue weighted by atomic mass is 35.5. The van der Waals surface area contributed by atoms with Crippen molar-refractivity contribution in [2.45, 2.75) is 19.9 Å². The highest BCUT2D eigenvalue weighted by Crippen LogP contribution is 2.42. The highest BCUT2D eigenvalue weighted by Gasteiger charge is 2.39. The Morgan fingerprint density at radius 3 is 2.36 bits per heavy atom. The van der Waals surface area contributed by atoms with E-state index in [-0.39, 0.29) is 29.6 Å². The number of piperazine rings is 1. The highest BCUT2D eigenvalue weighted by molar-refractivity contribution is 6.31. The van der Waals surface area contributed by atoms with E-state index in [1.807, 2.05) is 13.8 Å². The van der Waals surface area contributed by atoms with Crippen LogP contribution in [0.3, 0.4) is 0 Å². The van der Waals surface area contributed by atoms with Gasteiger partial charge in [0.25, 0.3) is 0 Å². The SMILES string of the molecule is CC(C)(CO)[C@@H](c1c(F)ccc(F)c1Cl)N1CCNCC1.Cl. The number of halogens is 4. The molecule has 22 heavy (non-hydrogen) atoms. The second kappa shape index (κ2) is 7.88. The maximum absolute atomic E-state index is 14.3. The van der Waals surface area contributed by atoms with Gasteiger partial charge < -0.3 is 10.4 Å². The van der Waals surface area contributed by atoms with Crippen LogP contribution < -0.4 is 5.32 Å². The molecule has 1 aromatic rings. The van der Waals surface area contributed by atoms with Crippen molar-refractivity contribution in [3.05, 3.63) is 34.4 Å². The van der Waals surface area contributed by atoms with Crippen LogP contribution in [-0.4, -0.2) is 42.8 Å². The van der Waals surface area contributed by atoms with E-state index in [1.165, 1.54) is 0 Å². The summed E-state index contributed by atoms with van der Waals surface area (Å²) >= 11 is 6.04. The zero-order valence-corrected chi connectivity index (χ0v) is 14.3. The Balaban J connectivity index is 0.00000242. The lowest BCUT2D eigenvalue weighted by Gasteiger charge is -2.43. The molecular formula is C15H22Cl2F2N2O. The Kier molecular flexibility index (Phi) is 7.02. The van der Waals surface area contributed by atoms with Gasteiger partial charge in [-0.3, -0.25) is 4.90 Å². The average molecular weight is 355 g/mol. The van der Waals surface area contributed by atoms with E-state index in [4.69, 9.17) is 11.6 Å². The number of nitrogens with one attached hydrogen (secondary N) is 1. The number of hydrogen-bond acceptors (Lipinski definition) is 3. The molecule has 7 heteroatoms. The third-order valence-corrected chi connectivity index (χ3v) is 4.40. The molecule has 1 aliphatic heterocycles. The van der Waals surface area contributed by atoms with Crippen LogP contribution in [0.4, 0.5) is 8.78 Å². The molecule has 2 N–H and O–H groups in total. The fourth-order valence-corrected chi connectivity index (χ4v) is 3.14. The van der Waals surface area contributed by atoms with Crippen molar-refractivity contribution in [2.24, 2.45) is 5.41 Å². The second-order valence-electron chi connectivity index (χ2n) is 6.09. The summed E-state index contributed by atoms with van der Waals surface area (Å²) in [5, 5.41) is 12.7. The van der Waals surface area contributed by atoms with Crippen molar-refractivity contribution in [2.75, 3.05) is 32.8 Å². The summed E-state index contributed by atoms with van der Waals surface area (Å²) in [6, 6.07) is 1.65. The zero-order chi connectivity index (χ0) is 15.6. The van der Waals surface area contributed by atoms with Crippen LogP contribution in [0, 0.1) is 17.0 Å². The normalized spacial score (nSPS) is 17.9. The van der Waals surface area contributed by atoms with Gasteiger partial charge in [-0.05, 0) is 12.1 Å². The van der Waals surface area contributed by atoms with Crippen molar-refractivity contribution in [3.8, 4) is 0 Å². The van der Waals surface area contributed by atoms with E-state index in [9.17, 15) is 13.9 Å². The van der Waals surface area contributed by atoms with Gasteiger partial charge in [0.05, 0.1) is 5.02 Å². The molecule has 0 spiro atoms. The number of aliphatic hydroxyl groups is 1. The van der Waals surface area contributed by atoms with Gasteiger partial charge in [-0.2, -0.15) is 0 Å². The van der Waals surface area contributed by atoms with Crippen LogP contribution in [0.15, 0.2) is 12.1 Å². The van der Waals surface area contributed by atoms with Gasteiger partial charge in [0.1, 0.15) is 11.6 Å². The number of hydrogen-bond donors (Lipinski definition) is 2. The first-order chi connectivity index (χ1) is 9.88. The predicted molar refractivity (Wildman–Crippen MR) is 86.7 cm³/mol. The Bertz CT molecular complexity index is 509. The second-order valence-corrected chi connectivity index (χ2v) is 6.47. The minimum absolute atomic E-state index is 0. The molecule has 0 saturated carbocycles. The number of nitrogens with zero attached hydrogens (tertiary/aromatic N) is 1. The first-order valence-electron chi connectivity index (χ1n) is 7.07. The molecule has 0 radical (unpaired) electrons. The molecule has 1 atom stereocenters. The molecule has 1 heterocycles. The van der Waals surface area contributed by atoms with Crippen molar-refractivity contribution >= 4 is 24.0 Å². The Labute approximate surface area is 141 Å². The summed E-state index contributed by atoms with van der Waals surface area (Å²) in [5.41, 5.74) is -0.507. The molecule has 1 saturated heterocycles. The van der Waals surface area contributed by atoms with Crippen LogP contribution in [0.5, 0.6) is 0 Å². The minimum atomic E-state index is -0.643. The summed E-state index contributed by atoms with van der Waals surface area (Å²) in [6.45, 7) is 6.45. The summed E-state index contributed by atoms with van der Waals surface area (Å²) < 4.78 is 28.1. The Hall–Kier alpha value is -0.460. The van der Waals surface area contributed by atoms with E-state index in [1.54, 1.807) is 0 Å². The van der Waals surface area contributed by atoms with E-state index in [0.29, 0.717) is 13.1 Å². The number of aliphatic hydroxyl groups excluding tert-OH is 1. The molecule has 0 bridgehead atoms. The molecule has 1 aromatic carbocycles. The smallest absolute Gasteiger partial charge is 0.142 e. The first kappa shape index (κ1) is 19.6. The molecule has 1 fully saturated rings. The van der Waals surface area contributed by atoms with Crippen molar-refractivity contribution in [3.63, 3.8) is 0 Å². The maximum Gasteiger partial charge on any atom is 0.142 e. The average Bonchev–Trinajstić information content (AvgIpc) is 2.48. The van der Waals surface area contributed by atoms with Gasteiger partial charge in [0, 0.05) is 49.8 Å². The molecule has 126 valence electrons. The fraction of sp³-hybridized carbons (Fsp3) is 0.600. The van der Waals surface area contributed by atoms with Gasteiger partial charge in [-0.1, -0.05) is 25.4 Å². The molecule has 0 amide bonds. The van der Waals surface area contributed by atoms with Gasteiger partial charge >= 0.3 is 0 Å². The van der Waals surface area contributed by atoms with Gasteiger partial charge in [-0.15, -0.1) is 12.4 Å². The third-order valence-electron chi connectivity index (χ3n) is 4.02. The molecule has 0 aromatic heterocycles. The van der Waals surface area contributed by atoms with Crippen LogP contribution in [0.25, 0.3) is 0 Å². The predicted octanol–water partition coefficient (Wildman–Crippen LogP) is 3.00. The Morgan fingerprint density at radius 2 is 1.82 bits per heavy atom. The van der Waals surface area contributed by atoms with E-state index in [2.05, 4.69) is 10.2 Å². The lowest BCUT2D eigenvalue weighted by Crippen LogP contribution is -2.50. The standard InChI is InChI=1S/C15H21ClF2N2O.ClH/c1-15(2,9-21)14(20-7-5-19-6-8-20)12-10(17)3-4-11(18)13(12)16;/h3-4,14,19,21H,5-9H2,1-2H3;1H/t14-;/m1./s1. The molecule has 2 rings (SSSR count). The van der Waals surface area contributed by atoms with E-state index in [0.717, 1.165) is 25.2 Å². The first-order valence-corrected chi connectivity index (χ1v) is 7.45. The maximum atomic E-state index is 14.3. The van der Waals surface area contributed by atoms with Gasteiger partial charge in [0.2, 0.25) is 0 Å². The minimum Gasteiger partial charge on any atom is -0.396 e. The summed E-state index contributed by atoms with van der Waals surface area (Å²) in [7, 11) is 0. The largest absolute Gasteiger partial charge is 0.396 e. The summed E-state index contributed by atoms with van der Waals surface area (Å²) in [5.74, 6) is -1.17. The molecular weight excluding hydrogens is 333 g/mol. The summed E-state index contributed by atoms with van der Waals surface area (Å²) in [4.78, 5) is 2.05. The molecule has 0 unspecified atom stereocenters. The monoisotopic (exact) mass is 354 g/mol. The van der Waals surface area contributed by atoms with E-state index >= 15 is 0 Å². The van der Waals surface area contributed by atoms with Crippen molar-refractivity contribution in [1.82, 2.24) is 10.2 Å². The quantitative estimate of drug-likeness (QED) is 0.816. The van der Waals surface area contributed by atoms with Crippen LogP contribution in [0.1, 0.15) is 25.5 Å². The van der Waals surface area contributed by atoms with Gasteiger partial charge in [-0.25, -0.2) is 8.78 Å². The topological polar surface area (TPSA) is 35.5 Å². The molecule has 3 nitrogen and oxygen atoms in total. The van der Waals surface area contributed by atoms with Crippen LogP contribution in [-0.2, 0) is 0 Å². The Morgan fingerprint density at radius 1 is 1.27 bits per heavy atom. The number of benzene rings is 1. The van der Waals surface area contributed by atoms with Crippen LogP contribution >= 0.6 is 24.0 Å². The molecule has 1 aliphatic rings. The van der Waals surface area contributed by atoms with Crippen molar-refractivity contribution in [1.29, 1.82) is 0 Å². The zero-order valence-electron chi connectivity index (χ0n) is 12.7. The van der Waals surface area contributed by atoms with Crippen molar-refractivity contribution < 1.29 is 13.9 Å². The number of rotatable bonds is 4. The van der Waals surface area contributed by atoms with Gasteiger partial charge in [0.15, 0.2) is 0 Å².